The second-order valence-corrected chi connectivity index (χ2v) is 3.82. The number of hydrogen-bond acceptors (Lipinski definition) is 3. The van der Waals surface area contributed by atoms with E-state index in [0.29, 0.717) is 9.13 Å². The number of halogens is 2. The predicted octanol–water partition coefficient (Wildman–Crippen LogP) is 2.13. The molecule has 0 spiro atoms. The van der Waals surface area contributed by atoms with Crippen molar-refractivity contribution in [1.82, 2.24) is 0 Å². The molecule has 0 aliphatic rings. The average molecular weight is 309 g/mol. The number of esters is 1. The van der Waals surface area contributed by atoms with E-state index >= 15 is 0 Å². The molecule has 0 saturated heterocycles. The van der Waals surface area contributed by atoms with Crippen LogP contribution in [-0.2, 0) is 11.4 Å². The van der Waals surface area contributed by atoms with Gasteiger partial charge in [0.15, 0.2) is 0 Å². The molecule has 0 saturated carbocycles. The number of carbonyl (C=O) groups is 1. The standard InChI is InChI=1S/C9H9FINO2/c1-14-9(13)6-3-7(11)5(4-10)2-8(6)12/h2-3H,4,12H2,1H3. The van der Waals surface area contributed by atoms with Crippen molar-refractivity contribution in [3.8, 4) is 0 Å². The Hall–Kier alpha value is -0.850. The molecule has 0 amide bonds. The van der Waals surface area contributed by atoms with Crippen LogP contribution in [-0.4, -0.2) is 13.1 Å². The Morgan fingerprint density at radius 2 is 2.29 bits per heavy atom. The third-order valence-electron chi connectivity index (χ3n) is 1.77. The van der Waals surface area contributed by atoms with Gasteiger partial charge in [0.2, 0.25) is 0 Å². The Balaban J connectivity index is 3.21. The number of nitrogen functional groups attached to an aromatic ring is 1. The Bertz CT molecular complexity index is 368. The van der Waals surface area contributed by atoms with Crippen LogP contribution in [0.15, 0.2) is 12.1 Å². The van der Waals surface area contributed by atoms with Gasteiger partial charge in [-0.15, -0.1) is 0 Å². The molecule has 1 aromatic rings. The highest BCUT2D eigenvalue weighted by molar-refractivity contribution is 14.1. The minimum Gasteiger partial charge on any atom is -0.465 e. The van der Waals surface area contributed by atoms with Crippen LogP contribution in [0.3, 0.4) is 0 Å². The normalized spacial score (nSPS) is 9.93. The van der Waals surface area contributed by atoms with E-state index < -0.39 is 12.6 Å². The van der Waals surface area contributed by atoms with Crippen LogP contribution in [0.5, 0.6) is 0 Å². The maximum Gasteiger partial charge on any atom is 0.339 e. The lowest BCUT2D eigenvalue weighted by Crippen LogP contribution is -2.07. The second-order valence-electron chi connectivity index (χ2n) is 2.66. The maximum absolute atomic E-state index is 12.4. The maximum atomic E-state index is 12.4. The van der Waals surface area contributed by atoms with Gasteiger partial charge in [-0.25, -0.2) is 9.18 Å². The van der Waals surface area contributed by atoms with Crippen molar-refractivity contribution in [3.05, 3.63) is 26.8 Å². The number of carbonyl (C=O) groups excluding carboxylic acids is 1. The second kappa shape index (κ2) is 4.59. The molecule has 14 heavy (non-hydrogen) atoms. The summed E-state index contributed by atoms with van der Waals surface area (Å²) in [7, 11) is 1.28. The number of alkyl halides is 1. The zero-order chi connectivity index (χ0) is 10.7. The summed E-state index contributed by atoms with van der Waals surface area (Å²) < 4.78 is 17.6. The Morgan fingerprint density at radius 1 is 1.64 bits per heavy atom. The third-order valence-corrected chi connectivity index (χ3v) is 2.77. The Morgan fingerprint density at radius 3 is 2.79 bits per heavy atom. The molecule has 0 fully saturated rings. The van der Waals surface area contributed by atoms with E-state index in [1.807, 2.05) is 22.6 Å². The fourth-order valence-corrected chi connectivity index (χ4v) is 1.64. The minimum atomic E-state index is -0.593. The number of nitrogens with two attached hydrogens (primary N) is 1. The smallest absolute Gasteiger partial charge is 0.339 e. The number of anilines is 1. The molecule has 0 radical (unpaired) electrons. The first-order valence-corrected chi connectivity index (χ1v) is 4.90. The van der Waals surface area contributed by atoms with Crippen molar-refractivity contribution >= 4 is 34.2 Å². The van der Waals surface area contributed by atoms with Gasteiger partial charge in [0.05, 0.1) is 12.7 Å². The molecule has 5 heteroatoms. The number of rotatable bonds is 2. The Labute approximate surface area is 94.6 Å². The largest absolute Gasteiger partial charge is 0.465 e. The first-order valence-electron chi connectivity index (χ1n) is 3.82. The molecule has 0 aromatic heterocycles. The highest BCUT2D eigenvalue weighted by atomic mass is 127. The van der Waals surface area contributed by atoms with E-state index in [0.717, 1.165) is 0 Å². The van der Waals surface area contributed by atoms with E-state index in [2.05, 4.69) is 4.74 Å². The summed E-state index contributed by atoms with van der Waals surface area (Å²) in [5, 5.41) is 0. The molecular weight excluding hydrogens is 300 g/mol. The molecule has 0 heterocycles. The van der Waals surface area contributed by atoms with Gasteiger partial charge in [-0.3, -0.25) is 0 Å². The van der Waals surface area contributed by atoms with Crippen LogP contribution in [0.25, 0.3) is 0 Å². The highest BCUT2D eigenvalue weighted by Gasteiger charge is 2.12. The lowest BCUT2D eigenvalue weighted by molar-refractivity contribution is 0.0602. The van der Waals surface area contributed by atoms with E-state index in [-0.39, 0.29) is 11.3 Å². The van der Waals surface area contributed by atoms with Crippen LogP contribution in [0.2, 0.25) is 0 Å². The number of hydrogen-bond donors (Lipinski definition) is 1. The van der Waals surface area contributed by atoms with Crippen molar-refractivity contribution < 1.29 is 13.9 Å². The summed E-state index contributed by atoms with van der Waals surface area (Å²) in [4.78, 5) is 11.2. The molecule has 0 atom stereocenters. The van der Waals surface area contributed by atoms with Gasteiger partial charge >= 0.3 is 5.97 Å². The summed E-state index contributed by atoms with van der Waals surface area (Å²) in [5.74, 6) is -0.508. The van der Waals surface area contributed by atoms with Crippen molar-refractivity contribution in [1.29, 1.82) is 0 Å². The SMILES string of the molecule is COC(=O)c1cc(I)c(CF)cc1N. The quantitative estimate of drug-likeness (QED) is 0.517. The molecule has 0 aliphatic carbocycles. The van der Waals surface area contributed by atoms with Gasteiger partial charge in [-0.05, 0) is 40.3 Å². The predicted molar refractivity (Wildman–Crippen MR) is 59.7 cm³/mol. The van der Waals surface area contributed by atoms with Crippen LogP contribution in [0.1, 0.15) is 15.9 Å². The van der Waals surface area contributed by atoms with Crippen molar-refractivity contribution in [2.24, 2.45) is 0 Å². The highest BCUT2D eigenvalue weighted by Crippen LogP contribution is 2.22. The molecule has 76 valence electrons. The summed E-state index contributed by atoms with van der Waals surface area (Å²) in [6.45, 7) is -0.593. The van der Waals surface area contributed by atoms with Gasteiger partial charge in [0.25, 0.3) is 0 Å². The van der Waals surface area contributed by atoms with Gasteiger partial charge < -0.3 is 10.5 Å². The molecule has 1 aromatic carbocycles. The molecule has 0 unspecified atom stereocenters. The van der Waals surface area contributed by atoms with Crippen LogP contribution in [0, 0.1) is 3.57 Å². The van der Waals surface area contributed by atoms with Gasteiger partial charge in [-0.2, -0.15) is 0 Å². The van der Waals surface area contributed by atoms with Crippen LogP contribution >= 0.6 is 22.6 Å². The molecule has 0 bridgehead atoms. The zero-order valence-electron chi connectivity index (χ0n) is 7.51. The minimum absolute atomic E-state index is 0.241. The molecule has 2 N–H and O–H groups in total. The van der Waals surface area contributed by atoms with Gasteiger partial charge in [-0.1, -0.05) is 0 Å². The number of methoxy groups -OCH3 is 1. The van der Waals surface area contributed by atoms with Crippen molar-refractivity contribution in [2.45, 2.75) is 6.67 Å². The summed E-state index contributed by atoms with van der Waals surface area (Å²) in [5.41, 5.74) is 6.57. The topological polar surface area (TPSA) is 52.3 Å². The lowest BCUT2D eigenvalue weighted by atomic mass is 10.1. The van der Waals surface area contributed by atoms with E-state index in [4.69, 9.17) is 5.73 Å². The molecule has 0 aliphatic heterocycles. The molecular formula is C9H9FINO2. The van der Waals surface area contributed by atoms with Crippen molar-refractivity contribution in [3.63, 3.8) is 0 Å². The monoisotopic (exact) mass is 309 g/mol. The van der Waals surface area contributed by atoms with Crippen LogP contribution < -0.4 is 5.73 Å². The van der Waals surface area contributed by atoms with Gasteiger partial charge in [0.1, 0.15) is 6.67 Å². The number of ether oxygens (including phenoxy) is 1. The first kappa shape index (κ1) is 11.2. The van der Waals surface area contributed by atoms with Crippen LogP contribution in [0.4, 0.5) is 10.1 Å². The third kappa shape index (κ3) is 2.14. The zero-order valence-corrected chi connectivity index (χ0v) is 9.67. The van der Waals surface area contributed by atoms with E-state index in [1.165, 1.54) is 19.2 Å². The fraction of sp³-hybridized carbons (Fsp3) is 0.222. The van der Waals surface area contributed by atoms with E-state index in [1.54, 1.807) is 0 Å². The Kier molecular flexibility index (Phi) is 3.68. The first-order chi connectivity index (χ1) is 6.60. The summed E-state index contributed by atoms with van der Waals surface area (Å²) >= 11 is 1.95. The molecule has 3 nitrogen and oxygen atoms in total. The summed E-state index contributed by atoms with van der Waals surface area (Å²) in [6.07, 6.45) is 0. The van der Waals surface area contributed by atoms with Gasteiger partial charge in [0, 0.05) is 9.26 Å². The van der Waals surface area contributed by atoms with Crippen molar-refractivity contribution in [2.75, 3.05) is 12.8 Å². The lowest BCUT2D eigenvalue weighted by Gasteiger charge is -2.07. The summed E-state index contributed by atoms with van der Waals surface area (Å²) in [6, 6.07) is 2.98. The average Bonchev–Trinajstić information content (AvgIpc) is 2.19. The molecule has 1 rings (SSSR count). The fourth-order valence-electron chi connectivity index (χ4n) is 1.03. The van der Waals surface area contributed by atoms with E-state index in [9.17, 15) is 9.18 Å². The number of benzene rings is 1.